The van der Waals surface area contributed by atoms with E-state index in [0.717, 1.165) is 32.1 Å². The van der Waals surface area contributed by atoms with Crippen molar-refractivity contribution in [3.8, 4) is 0 Å². The van der Waals surface area contributed by atoms with Gasteiger partial charge in [0.15, 0.2) is 6.10 Å². The molecule has 0 aliphatic rings. The van der Waals surface area contributed by atoms with Crippen LogP contribution in [0.4, 0.5) is 0 Å². The second-order valence-corrected chi connectivity index (χ2v) is 16.6. The molecule has 0 saturated carbocycles. The molecule has 0 aromatic carbocycles. The Bertz CT molecular complexity index is 725. The lowest BCUT2D eigenvalue weighted by Crippen LogP contribution is -2.28. The van der Waals surface area contributed by atoms with E-state index in [2.05, 4.69) is 13.8 Å². The van der Waals surface area contributed by atoms with Gasteiger partial charge >= 0.3 is 11.9 Å². The van der Waals surface area contributed by atoms with Crippen LogP contribution in [0.15, 0.2) is 0 Å². The fourth-order valence-electron chi connectivity index (χ4n) is 7.50. The van der Waals surface area contributed by atoms with Gasteiger partial charge in [-0.3, -0.25) is 9.59 Å². The number of aliphatic hydroxyl groups excluding tert-OH is 1. The van der Waals surface area contributed by atoms with Crippen LogP contribution in [0.5, 0.6) is 0 Å². The van der Waals surface area contributed by atoms with Crippen LogP contribution in [0.1, 0.15) is 277 Å². The van der Waals surface area contributed by atoms with Crippen LogP contribution in [0.2, 0.25) is 0 Å². The van der Waals surface area contributed by atoms with E-state index < -0.39 is 6.10 Å². The molecule has 0 amide bonds. The van der Waals surface area contributed by atoms with Crippen LogP contribution in [-0.4, -0.2) is 36.4 Å². The minimum absolute atomic E-state index is 0.0562. The van der Waals surface area contributed by atoms with E-state index >= 15 is 0 Å². The molecule has 0 heterocycles. The fourth-order valence-corrected chi connectivity index (χ4v) is 7.50. The standard InChI is InChI=1S/C48H94O5/c1-3-5-7-9-11-13-15-17-19-21-22-23-24-25-26-27-29-31-33-35-37-39-41-43-48(51)53-46(44-49)45-52-47(50)42-40-38-36-34-32-30-28-20-18-16-14-12-10-8-6-4-2/h46,49H,3-45H2,1-2H3. The number of hydrogen-bond acceptors (Lipinski definition) is 5. The van der Waals surface area contributed by atoms with Gasteiger partial charge in [0, 0.05) is 12.8 Å². The molecule has 0 aromatic heterocycles. The van der Waals surface area contributed by atoms with Crippen molar-refractivity contribution in [3.05, 3.63) is 0 Å². The molecule has 0 radical (unpaired) electrons. The zero-order valence-electron chi connectivity index (χ0n) is 36.1. The summed E-state index contributed by atoms with van der Waals surface area (Å²) in [4.78, 5) is 24.4. The van der Waals surface area contributed by atoms with Gasteiger partial charge in [-0.05, 0) is 12.8 Å². The van der Waals surface area contributed by atoms with Gasteiger partial charge in [-0.1, -0.05) is 251 Å². The topological polar surface area (TPSA) is 72.8 Å². The summed E-state index contributed by atoms with van der Waals surface area (Å²) in [7, 11) is 0. The molecular weight excluding hydrogens is 657 g/mol. The quantitative estimate of drug-likeness (QED) is 0.0495. The highest BCUT2D eigenvalue weighted by Crippen LogP contribution is 2.17. The molecule has 0 bridgehead atoms. The summed E-state index contributed by atoms with van der Waals surface area (Å²) in [5.41, 5.74) is 0. The van der Waals surface area contributed by atoms with Crippen molar-refractivity contribution in [1.82, 2.24) is 0 Å². The molecule has 0 fully saturated rings. The van der Waals surface area contributed by atoms with Crippen molar-refractivity contribution in [3.63, 3.8) is 0 Å². The Hall–Kier alpha value is -1.10. The molecule has 0 aliphatic carbocycles. The lowest BCUT2D eigenvalue weighted by molar-refractivity contribution is -0.161. The maximum Gasteiger partial charge on any atom is 0.306 e. The Kier molecular flexibility index (Phi) is 44.4. The van der Waals surface area contributed by atoms with Crippen LogP contribution < -0.4 is 0 Å². The molecule has 0 rings (SSSR count). The van der Waals surface area contributed by atoms with E-state index in [1.165, 1.54) is 218 Å². The number of ether oxygens (including phenoxy) is 2. The van der Waals surface area contributed by atoms with Crippen molar-refractivity contribution in [2.45, 2.75) is 283 Å². The highest BCUT2D eigenvalue weighted by Gasteiger charge is 2.16. The van der Waals surface area contributed by atoms with Gasteiger partial charge in [0.1, 0.15) is 6.61 Å². The monoisotopic (exact) mass is 751 g/mol. The number of aliphatic hydroxyl groups is 1. The molecule has 53 heavy (non-hydrogen) atoms. The Morgan fingerprint density at radius 1 is 0.358 bits per heavy atom. The van der Waals surface area contributed by atoms with Crippen molar-refractivity contribution in [2.24, 2.45) is 0 Å². The molecule has 1 unspecified atom stereocenters. The van der Waals surface area contributed by atoms with Crippen LogP contribution in [-0.2, 0) is 19.1 Å². The van der Waals surface area contributed by atoms with E-state index in [4.69, 9.17) is 9.47 Å². The van der Waals surface area contributed by atoms with Gasteiger partial charge in [0.25, 0.3) is 0 Å². The Morgan fingerprint density at radius 2 is 0.585 bits per heavy atom. The van der Waals surface area contributed by atoms with Crippen LogP contribution in [0.3, 0.4) is 0 Å². The second kappa shape index (κ2) is 45.3. The number of carbonyl (C=O) groups excluding carboxylic acids is 2. The molecule has 0 spiro atoms. The van der Waals surface area contributed by atoms with Crippen LogP contribution in [0, 0.1) is 0 Å². The Morgan fingerprint density at radius 3 is 0.830 bits per heavy atom. The maximum absolute atomic E-state index is 12.2. The van der Waals surface area contributed by atoms with E-state index in [-0.39, 0.29) is 25.2 Å². The number of unbranched alkanes of at least 4 members (excludes halogenated alkanes) is 37. The summed E-state index contributed by atoms with van der Waals surface area (Å²) in [6, 6.07) is 0. The lowest BCUT2D eigenvalue weighted by Gasteiger charge is -2.15. The van der Waals surface area contributed by atoms with Gasteiger partial charge in [0.2, 0.25) is 0 Å². The number of hydrogen-bond donors (Lipinski definition) is 1. The zero-order chi connectivity index (χ0) is 38.6. The SMILES string of the molecule is CCCCCCCCCCCCCCCCCCCCCCCCCC(=O)OC(CO)COC(=O)CCCCCCCCCCCCCCCCCC. The molecule has 316 valence electrons. The second-order valence-electron chi connectivity index (χ2n) is 16.6. The molecule has 0 saturated heterocycles. The minimum atomic E-state index is -0.762. The van der Waals surface area contributed by atoms with Crippen molar-refractivity contribution in [1.29, 1.82) is 0 Å². The van der Waals surface area contributed by atoms with E-state index in [0.29, 0.717) is 12.8 Å². The highest BCUT2D eigenvalue weighted by molar-refractivity contribution is 5.70. The zero-order valence-corrected chi connectivity index (χ0v) is 36.1. The number of carbonyl (C=O) groups is 2. The van der Waals surface area contributed by atoms with Gasteiger partial charge in [-0.25, -0.2) is 0 Å². The average Bonchev–Trinajstić information content (AvgIpc) is 3.16. The summed E-state index contributed by atoms with van der Waals surface area (Å²) in [5.74, 6) is -0.568. The first-order valence-corrected chi connectivity index (χ1v) is 24.1. The normalized spacial score (nSPS) is 12.0. The summed E-state index contributed by atoms with van der Waals surface area (Å²) < 4.78 is 10.7. The average molecular weight is 751 g/mol. The van der Waals surface area contributed by atoms with Crippen LogP contribution >= 0.6 is 0 Å². The molecule has 0 aliphatic heterocycles. The molecule has 0 aromatic rings. The predicted octanol–water partition coefficient (Wildman–Crippen LogP) is 15.5. The van der Waals surface area contributed by atoms with Crippen LogP contribution in [0.25, 0.3) is 0 Å². The Balaban J connectivity index is 3.43. The molecule has 1 atom stereocenters. The first-order chi connectivity index (χ1) is 26.1. The van der Waals surface area contributed by atoms with E-state index in [1.54, 1.807) is 0 Å². The maximum atomic E-state index is 12.2. The lowest BCUT2D eigenvalue weighted by atomic mass is 10.0. The van der Waals surface area contributed by atoms with Gasteiger partial charge in [-0.2, -0.15) is 0 Å². The number of esters is 2. The summed E-state index contributed by atoms with van der Waals surface area (Å²) in [6.45, 7) is 4.19. The van der Waals surface area contributed by atoms with Crippen molar-refractivity contribution >= 4 is 11.9 Å². The number of rotatable bonds is 45. The van der Waals surface area contributed by atoms with Gasteiger partial charge < -0.3 is 14.6 Å². The van der Waals surface area contributed by atoms with Crippen molar-refractivity contribution in [2.75, 3.05) is 13.2 Å². The van der Waals surface area contributed by atoms with Gasteiger partial charge in [-0.15, -0.1) is 0 Å². The van der Waals surface area contributed by atoms with Crippen molar-refractivity contribution < 1.29 is 24.2 Å². The first-order valence-electron chi connectivity index (χ1n) is 24.1. The third-order valence-corrected chi connectivity index (χ3v) is 11.2. The third-order valence-electron chi connectivity index (χ3n) is 11.2. The summed E-state index contributed by atoms with van der Waals surface area (Å²) >= 11 is 0. The predicted molar refractivity (Wildman–Crippen MR) is 229 cm³/mol. The third kappa shape index (κ3) is 43.5. The first kappa shape index (κ1) is 51.9. The smallest absolute Gasteiger partial charge is 0.306 e. The molecule has 1 N–H and O–H groups in total. The largest absolute Gasteiger partial charge is 0.462 e. The Labute approximate surface area is 331 Å². The van der Waals surface area contributed by atoms with E-state index in [1.807, 2.05) is 0 Å². The summed E-state index contributed by atoms with van der Waals surface area (Å²) in [5, 5.41) is 9.60. The highest BCUT2D eigenvalue weighted by atomic mass is 16.6. The van der Waals surface area contributed by atoms with Gasteiger partial charge in [0.05, 0.1) is 6.61 Å². The fraction of sp³-hybridized carbons (Fsp3) is 0.958. The molecule has 5 nitrogen and oxygen atoms in total. The molecular formula is C48H94O5. The molecule has 5 heteroatoms. The summed E-state index contributed by atoms with van der Waals surface area (Å²) in [6.07, 6.45) is 51.9. The minimum Gasteiger partial charge on any atom is -0.462 e. The van der Waals surface area contributed by atoms with E-state index in [9.17, 15) is 14.7 Å².